The van der Waals surface area contributed by atoms with E-state index in [-0.39, 0.29) is 17.1 Å². The third-order valence-corrected chi connectivity index (χ3v) is 2.73. The number of hydrogen-bond acceptors (Lipinski definition) is 3. The van der Waals surface area contributed by atoms with Gasteiger partial charge in [0.1, 0.15) is 0 Å². The van der Waals surface area contributed by atoms with Gasteiger partial charge >= 0.3 is 11.9 Å². The summed E-state index contributed by atoms with van der Waals surface area (Å²) in [5, 5.41) is 27.0. The first-order valence-corrected chi connectivity index (χ1v) is 7.21. The fourth-order valence-corrected chi connectivity index (χ4v) is 1.54. The molecule has 6 nitrogen and oxygen atoms in total. The molecule has 0 aliphatic carbocycles. The molecule has 3 aromatic rings. The zero-order valence-electron chi connectivity index (χ0n) is 13.5. The maximum absolute atomic E-state index is 10.2. The first-order chi connectivity index (χ1) is 12.0. The number of rotatable bonds is 2. The van der Waals surface area contributed by atoms with Gasteiger partial charge in [-0.15, -0.1) is 0 Å². The van der Waals surface area contributed by atoms with Gasteiger partial charge in [0.05, 0.1) is 11.1 Å². The van der Waals surface area contributed by atoms with Crippen molar-refractivity contribution >= 4 is 11.9 Å². The fourth-order valence-electron chi connectivity index (χ4n) is 1.54. The summed E-state index contributed by atoms with van der Waals surface area (Å²) in [4.78, 5) is 20.4. The molecule has 1 aromatic heterocycles. The van der Waals surface area contributed by atoms with Crippen molar-refractivity contribution in [1.29, 1.82) is 0 Å². The third-order valence-electron chi connectivity index (χ3n) is 2.73. The molecule has 0 saturated heterocycles. The Bertz CT molecular complexity index is 718. The summed E-state index contributed by atoms with van der Waals surface area (Å²) in [6.45, 7) is 0. The number of carboxylic acid groups (broad SMARTS) is 2. The molecule has 2 N–H and O–H groups in total. The van der Waals surface area contributed by atoms with Gasteiger partial charge in [0.2, 0.25) is 0 Å². The summed E-state index contributed by atoms with van der Waals surface area (Å²) in [5.74, 6) is -1.76. The van der Waals surface area contributed by atoms with Gasteiger partial charge in [-0.05, 0) is 24.3 Å². The summed E-state index contributed by atoms with van der Waals surface area (Å²) in [7, 11) is 0. The number of carbonyl (C=O) groups is 2. The summed E-state index contributed by atoms with van der Waals surface area (Å²) in [6, 6.07) is 21.8. The van der Waals surface area contributed by atoms with Gasteiger partial charge in [0, 0.05) is 29.2 Å². The van der Waals surface area contributed by atoms with Crippen LogP contribution in [0.4, 0.5) is 0 Å². The van der Waals surface area contributed by atoms with Gasteiger partial charge < -0.3 is 15.4 Å². The van der Waals surface area contributed by atoms with E-state index < -0.39 is 11.9 Å². The minimum Gasteiger partial charge on any atom is -0.619 e. The van der Waals surface area contributed by atoms with Crippen molar-refractivity contribution in [3.63, 3.8) is 0 Å². The molecule has 2 aromatic carbocycles. The molecule has 1 radical (unpaired) electrons. The second-order valence-corrected chi connectivity index (χ2v) is 4.58. The number of pyridine rings is 1. The van der Waals surface area contributed by atoms with Gasteiger partial charge in [0.15, 0.2) is 12.4 Å². The van der Waals surface area contributed by atoms with E-state index in [1.165, 1.54) is 12.4 Å². The van der Waals surface area contributed by atoms with E-state index in [1.807, 2.05) is 0 Å². The Morgan fingerprint density at radius 3 is 1.15 bits per heavy atom. The number of carboxylic acids is 2. The molecule has 0 bridgehead atoms. The van der Waals surface area contributed by atoms with Gasteiger partial charge in [-0.25, -0.2) is 9.59 Å². The quantitative estimate of drug-likeness (QED) is 0.389. The maximum atomic E-state index is 10.2. The van der Waals surface area contributed by atoms with Crippen molar-refractivity contribution < 1.29 is 41.6 Å². The molecular weight excluding hydrogens is 386 g/mol. The molecule has 1 heterocycles. The first kappa shape index (κ1) is 22.8. The van der Waals surface area contributed by atoms with Crippen LogP contribution in [0.2, 0.25) is 0 Å². The van der Waals surface area contributed by atoms with E-state index in [2.05, 4.69) is 0 Å². The molecule has 0 aliphatic rings. The molecule has 0 saturated carbocycles. The van der Waals surface area contributed by atoms with Crippen molar-refractivity contribution in [2.75, 3.05) is 0 Å². The van der Waals surface area contributed by atoms with E-state index in [1.54, 1.807) is 78.9 Å². The van der Waals surface area contributed by atoms with Crippen molar-refractivity contribution in [3.8, 4) is 0 Å². The van der Waals surface area contributed by atoms with E-state index >= 15 is 0 Å². The van der Waals surface area contributed by atoms with E-state index in [4.69, 9.17) is 10.2 Å². The summed E-state index contributed by atoms with van der Waals surface area (Å²) < 4.78 is 0.750. The molecular formula is C19H17CuNO5. The van der Waals surface area contributed by atoms with Gasteiger partial charge in [-0.2, -0.15) is 4.73 Å². The van der Waals surface area contributed by atoms with Crippen LogP contribution in [0, 0.1) is 5.21 Å². The molecule has 26 heavy (non-hydrogen) atoms. The smallest absolute Gasteiger partial charge is 0.335 e. The SMILES string of the molecule is O=C(O)c1ccccc1.O=C(O)c1ccccc1.[Cu].[O-][n+]1ccccc1. The van der Waals surface area contributed by atoms with E-state index in [0.717, 1.165) is 4.73 Å². The van der Waals surface area contributed by atoms with Crippen LogP contribution in [0.5, 0.6) is 0 Å². The zero-order chi connectivity index (χ0) is 18.5. The summed E-state index contributed by atoms with van der Waals surface area (Å²) in [5.41, 5.74) is 0.662. The zero-order valence-corrected chi connectivity index (χ0v) is 14.5. The van der Waals surface area contributed by atoms with Gasteiger partial charge in [-0.1, -0.05) is 42.5 Å². The van der Waals surface area contributed by atoms with Crippen LogP contribution in [-0.2, 0) is 17.1 Å². The molecule has 139 valence electrons. The summed E-state index contributed by atoms with van der Waals surface area (Å²) >= 11 is 0. The predicted molar refractivity (Wildman–Crippen MR) is 92.2 cm³/mol. The number of hydrogen-bond donors (Lipinski definition) is 2. The molecule has 0 aliphatic heterocycles. The van der Waals surface area contributed by atoms with E-state index in [9.17, 15) is 14.8 Å². The Kier molecular flexibility index (Phi) is 11.6. The van der Waals surface area contributed by atoms with Gasteiger partial charge in [0.25, 0.3) is 0 Å². The second-order valence-electron chi connectivity index (χ2n) is 4.58. The Balaban J connectivity index is 0.000000357. The number of benzene rings is 2. The standard InChI is InChI=1S/2C7H6O2.C5H5NO.Cu/c2*8-7(9)6-4-2-1-3-5-6;7-6-4-2-1-3-5-6;/h2*1-5H,(H,8,9);1-5H;. The van der Waals surface area contributed by atoms with Crippen molar-refractivity contribution in [3.05, 3.63) is 108 Å². The number of aromatic nitrogens is 1. The average Bonchev–Trinajstić information content (AvgIpc) is 2.65. The van der Waals surface area contributed by atoms with Crippen molar-refractivity contribution in [1.82, 2.24) is 0 Å². The normalized spacial score (nSPS) is 8.46. The first-order valence-electron chi connectivity index (χ1n) is 7.21. The molecule has 0 unspecified atom stereocenters. The summed E-state index contributed by atoms with van der Waals surface area (Å²) in [6.07, 6.45) is 2.89. The van der Waals surface area contributed by atoms with Gasteiger partial charge in [-0.3, -0.25) is 0 Å². The fraction of sp³-hybridized carbons (Fsp3) is 0. The second kappa shape index (κ2) is 13.2. The Morgan fingerprint density at radius 1 is 0.654 bits per heavy atom. The van der Waals surface area contributed by atoms with Crippen molar-refractivity contribution in [2.45, 2.75) is 0 Å². The van der Waals surface area contributed by atoms with Crippen LogP contribution in [0.1, 0.15) is 20.7 Å². The van der Waals surface area contributed by atoms with Crippen LogP contribution < -0.4 is 4.73 Å². The Morgan fingerprint density at radius 2 is 0.962 bits per heavy atom. The van der Waals surface area contributed by atoms with Crippen LogP contribution >= 0.6 is 0 Å². The number of aromatic carboxylic acids is 2. The number of nitrogens with zero attached hydrogens (tertiary/aromatic N) is 1. The third kappa shape index (κ3) is 9.87. The molecule has 0 fully saturated rings. The van der Waals surface area contributed by atoms with Crippen LogP contribution in [0.3, 0.4) is 0 Å². The van der Waals surface area contributed by atoms with Crippen LogP contribution in [0.15, 0.2) is 91.3 Å². The van der Waals surface area contributed by atoms with Crippen molar-refractivity contribution in [2.24, 2.45) is 0 Å². The average molecular weight is 403 g/mol. The Hall–Kier alpha value is -3.15. The molecule has 0 spiro atoms. The molecule has 0 amide bonds. The largest absolute Gasteiger partial charge is 0.619 e. The molecule has 0 atom stereocenters. The van der Waals surface area contributed by atoms with E-state index in [0.29, 0.717) is 11.1 Å². The molecule has 7 heteroatoms. The Labute approximate surface area is 161 Å². The van der Waals surface area contributed by atoms with Crippen LogP contribution in [0.25, 0.3) is 0 Å². The molecule has 3 rings (SSSR count). The monoisotopic (exact) mass is 402 g/mol. The minimum absolute atomic E-state index is 0. The predicted octanol–water partition coefficient (Wildman–Crippen LogP) is 3.09. The topological polar surface area (TPSA) is 102 Å². The minimum atomic E-state index is -0.879. The maximum Gasteiger partial charge on any atom is 0.335 e. The van der Waals surface area contributed by atoms with Crippen LogP contribution in [-0.4, -0.2) is 22.2 Å².